The molecule has 0 saturated heterocycles. The summed E-state index contributed by atoms with van der Waals surface area (Å²) in [6, 6.07) is -0.128. The van der Waals surface area contributed by atoms with Crippen LogP contribution in [-0.4, -0.2) is 29.1 Å². The second-order valence-electron chi connectivity index (χ2n) is 4.86. The summed E-state index contributed by atoms with van der Waals surface area (Å²) < 4.78 is 0. The highest BCUT2D eigenvalue weighted by atomic mass is 16.4. The van der Waals surface area contributed by atoms with Gasteiger partial charge in [-0.2, -0.15) is 0 Å². The van der Waals surface area contributed by atoms with Crippen molar-refractivity contribution < 1.29 is 14.7 Å². The van der Waals surface area contributed by atoms with Gasteiger partial charge in [0.05, 0.1) is 6.42 Å². The fraction of sp³-hybridized carbons (Fsp3) is 0.833. The Bertz CT molecular complexity index is 281. The summed E-state index contributed by atoms with van der Waals surface area (Å²) in [5, 5.41) is 11.6. The standard InChI is InChI=1S/C12H22N2O3/c1-2-3-10(7-11(15)16)14-12(17)8-4-5-9(13)6-8/h8-10H,2-7,13H2,1H3,(H,14,17)(H,15,16). The third-order valence-corrected chi connectivity index (χ3v) is 3.25. The van der Waals surface area contributed by atoms with Crippen LogP contribution < -0.4 is 11.1 Å². The van der Waals surface area contributed by atoms with Gasteiger partial charge in [0.2, 0.25) is 5.91 Å². The Kier molecular flexibility index (Phi) is 5.41. The molecule has 17 heavy (non-hydrogen) atoms. The van der Waals surface area contributed by atoms with Crippen molar-refractivity contribution in [2.24, 2.45) is 11.7 Å². The molecule has 0 aliphatic heterocycles. The molecule has 3 atom stereocenters. The van der Waals surface area contributed by atoms with Crippen LogP contribution in [0.5, 0.6) is 0 Å². The maximum absolute atomic E-state index is 11.9. The molecule has 1 rings (SSSR count). The second-order valence-corrected chi connectivity index (χ2v) is 4.86. The fourth-order valence-electron chi connectivity index (χ4n) is 2.36. The molecule has 0 radical (unpaired) electrons. The molecule has 1 saturated carbocycles. The van der Waals surface area contributed by atoms with Crippen molar-refractivity contribution in [2.45, 2.75) is 57.5 Å². The predicted molar refractivity (Wildman–Crippen MR) is 64.4 cm³/mol. The lowest BCUT2D eigenvalue weighted by Crippen LogP contribution is -2.39. The van der Waals surface area contributed by atoms with E-state index in [1.54, 1.807) is 0 Å². The van der Waals surface area contributed by atoms with E-state index in [1.807, 2.05) is 6.92 Å². The van der Waals surface area contributed by atoms with Crippen LogP contribution in [0, 0.1) is 5.92 Å². The maximum atomic E-state index is 11.9. The minimum atomic E-state index is -0.869. The zero-order valence-electron chi connectivity index (χ0n) is 10.3. The molecular weight excluding hydrogens is 220 g/mol. The number of carbonyl (C=O) groups excluding carboxylic acids is 1. The third kappa shape index (κ3) is 4.73. The monoisotopic (exact) mass is 242 g/mol. The lowest BCUT2D eigenvalue weighted by atomic mass is 10.0. The Balaban J connectivity index is 2.42. The maximum Gasteiger partial charge on any atom is 0.305 e. The molecule has 1 amide bonds. The van der Waals surface area contributed by atoms with Gasteiger partial charge in [0.25, 0.3) is 0 Å². The first-order valence-electron chi connectivity index (χ1n) is 6.30. The Labute approximate surface area is 102 Å². The Morgan fingerprint density at radius 1 is 1.47 bits per heavy atom. The molecule has 0 aromatic heterocycles. The van der Waals surface area contributed by atoms with Crippen molar-refractivity contribution in [1.82, 2.24) is 5.32 Å². The molecule has 1 aliphatic carbocycles. The zero-order chi connectivity index (χ0) is 12.8. The summed E-state index contributed by atoms with van der Waals surface area (Å²) in [7, 11) is 0. The first-order chi connectivity index (χ1) is 8.02. The van der Waals surface area contributed by atoms with E-state index in [1.165, 1.54) is 0 Å². The minimum Gasteiger partial charge on any atom is -0.481 e. The first kappa shape index (κ1) is 14.0. The lowest BCUT2D eigenvalue weighted by molar-refractivity contribution is -0.137. The van der Waals surface area contributed by atoms with Crippen LogP contribution in [0.15, 0.2) is 0 Å². The smallest absolute Gasteiger partial charge is 0.305 e. The van der Waals surface area contributed by atoms with E-state index >= 15 is 0 Å². The van der Waals surface area contributed by atoms with Crippen molar-refractivity contribution in [1.29, 1.82) is 0 Å². The highest BCUT2D eigenvalue weighted by Crippen LogP contribution is 2.24. The normalized spacial score (nSPS) is 25.5. The number of nitrogens with two attached hydrogens (primary N) is 1. The van der Waals surface area contributed by atoms with Crippen LogP contribution in [0.4, 0.5) is 0 Å². The zero-order valence-corrected chi connectivity index (χ0v) is 10.3. The van der Waals surface area contributed by atoms with Gasteiger partial charge in [-0.15, -0.1) is 0 Å². The summed E-state index contributed by atoms with van der Waals surface area (Å²) >= 11 is 0. The number of aliphatic carboxylic acids is 1. The molecule has 98 valence electrons. The number of carboxylic acids is 1. The molecule has 0 aromatic rings. The topological polar surface area (TPSA) is 92.4 Å². The van der Waals surface area contributed by atoms with E-state index in [2.05, 4.69) is 5.32 Å². The number of carbonyl (C=O) groups is 2. The number of amides is 1. The highest BCUT2D eigenvalue weighted by Gasteiger charge is 2.29. The molecule has 5 nitrogen and oxygen atoms in total. The van der Waals surface area contributed by atoms with E-state index in [0.29, 0.717) is 6.42 Å². The Morgan fingerprint density at radius 2 is 2.18 bits per heavy atom. The van der Waals surface area contributed by atoms with E-state index in [4.69, 9.17) is 10.8 Å². The average molecular weight is 242 g/mol. The molecule has 0 spiro atoms. The number of rotatable bonds is 6. The summed E-state index contributed by atoms with van der Waals surface area (Å²) in [5.74, 6) is -0.928. The summed E-state index contributed by atoms with van der Waals surface area (Å²) in [6.07, 6.45) is 3.99. The van der Waals surface area contributed by atoms with Gasteiger partial charge in [-0.05, 0) is 25.7 Å². The summed E-state index contributed by atoms with van der Waals surface area (Å²) in [6.45, 7) is 1.98. The van der Waals surface area contributed by atoms with Gasteiger partial charge >= 0.3 is 5.97 Å². The van der Waals surface area contributed by atoms with E-state index in [0.717, 1.165) is 25.7 Å². The third-order valence-electron chi connectivity index (χ3n) is 3.25. The molecule has 4 N–H and O–H groups in total. The van der Waals surface area contributed by atoms with E-state index in [9.17, 15) is 9.59 Å². The summed E-state index contributed by atoms with van der Waals surface area (Å²) in [4.78, 5) is 22.6. The molecule has 0 aromatic carbocycles. The lowest BCUT2D eigenvalue weighted by Gasteiger charge is -2.18. The van der Waals surface area contributed by atoms with Crippen molar-refractivity contribution >= 4 is 11.9 Å². The molecule has 1 aliphatic rings. The number of carboxylic acid groups (broad SMARTS) is 1. The van der Waals surface area contributed by atoms with Gasteiger partial charge < -0.3 is 16.2 Å². The Morgan fingerprint density at radius 3 is 2.65 bits per heavy atom. The fourth-order valence-corrected chi connectivity index (χ4v) is 2.36. The van der Waals surface area contributed by atoms with Gasteiger partial charge in [-0.1, -0.05) is 13.3 Å². The van der Waals surface area contributed by atoms with Gasteiger partial charge in [0.1, 0.15) is 0 Å². The molecule has 5 heteroatoms. The van der Waals surface area contributed by atoms with Crippen LogP contribution in [0.3, 0.4) is 0 Å². The van der Waals surface area contributed by atoms with Gasteiger partial charge in [0.15, 0.2) is 0 Å². The second kappa shape index (κ2) is 6.59. The largest absolute Gasteiger partial charge is 0.481 e. The minimum absolute atomic E-state index is 0.00163. The van der Waals surface area contributed by atoms with Crippen LogP contribution in [0.1, 0.15) is 45.4 Å². The SMILES string of the molecule is CCCC(CC(=O)O)NC(=O)C1CCC(N)C1. The van der Waals surface area contributed by atoms with Crippen LogP contribution >= 0.6 is 0 Å². The average Bonchev–Trinajstić information content (AvgIpc) is 2.64. The van der Waals surface area contributed by atoms with Crippen molar-refractivity contribution in [2.75, 3.05) is 0 Å². The number of hydrogen-bond donors (Lipinski definition) is 3. The van der Waals surface area contributed by atoms with Crippen LogP contribution in [0.25, 0.3) is 0 Å². The van der Waals surface area contributed by atoms with Crippen molar-refractivity contribution in [3.8, 4) is 0 Å². The number of nitrogens with one attached hydrogen (secondary N) is 1. The molecule has 1 fully saturated rings. The van der Waals surface area contributed by atoms with Crippen molar-refractivity contribution in [3.05, 3.63) is 0 Å². The number of hydrogen-bond acceptors (Lipinski definition) is 3. The van der Waals surface area contributed by atoms with Crippen LogP contribution in [0.2, 0.25) is 0 Å². The van der Waals surface area contributed by atoms with Crippen LogP contribution in [-0.2, 0) is 9.59 Å². The van der Waals surface area contributed by atoms with E-state index < -0.39 is 5.97 Å². The molecule has 3 unspecified atom stereocenters. The van der Waals surface area contributed by atoms with Gasteiger partial charge in [-0.3, -0.25) is 9.59 Å². The predicted octanol–water partition coefficient (Wildman–Crippen LogP) is 0.873. The quantitative estimate of drug-likeness (QED) is 0.644. The summed E-state index contributed by atoms with van der Waals surface area (Å²) in [5.41, 5.74) is 5.76. The molecule has 0 bridgehead atoms. The van der Waals surface area contributed by atoms with Crippen molar-refractivity contribution in [3.63, 3.8) is 0 Å². The Hall–Kier alpha value is -1.10. The first-order valence-corrected chi connectivity index (χ1v) is 6.30. The van der Waals surface area contributed by atoms with E-state index in [-0.39, 0.29) is 30.3 Å². The highest BCUT2D eigenvalue weighted by molar-refractivity contribution is 5.80. The van der Waals surface area contributed by atoms with Gasteiger partial charge in [0, 0.05) is 18.0 Å². The van der Waals surface area contributed by atoms with Gasteiger partial charge in [-0.25, -0.2) is 0 Å². The molecule has 0 heterocycles. The molecular formula is C12H22N2O3.